The number of carbonyl (C=O) groups excluding carboxylic acids is 1. The number of benzene rings is 1. The average molecular weight is 288 g/mol. The third kappa shape index (κ3) is 1.28. The first-order valence-electron chi connectivity index (χ1n) is 7.69. The molecule has 0 radical (unpaired) electrons. The second kappa shape index (κ2) is 4.01. The van der Waals surface area contributed by atoms with E-state index < -0.39 is 11.5 Å². The smallest absolute Gasteiger partial charge is 0.174 e. The summed E-state index contributed by atoms with van der Waals surface area (Å²) >= 11 is 0. The molecule has 0 saturated heterocycles. The molecule has 0 aromatic heterocycles. The highest BCUT2D eigenvalue weighted by atomic mass is 16.5. The maximum atomic E-state index is 12.4. The summed E-state index contributed by atoms with van der Waals surface area (Å²) in [6.45, 7) is 2.09. The van der Waals surface area contributed by atoms with Crippen LogP contribution < -0.4 is 4.74 Å². The molecule has 4 heteroatoms. The van der Waals surface area contributed by atoms with Crippen LogP contribution in [0.1, 0.15) is 43.7 Å². The van der Waals surface area contributed by atoms with Gasteiger partial charge in [0.05, 0.1) is 11.0 Å². The summed E-state index contributed by atoms with van der Waals surface area (Å²) in [7, 11) is 1.74. The number of Topliss-reactive ketones (excluding diaryl/α,β-unsaturated/α-hetero) is 1. The van der Waals surface area contributed by atoms with Crippen molar-refractivity contribution in [2.75, 3.05) is 7.11 Å². The van der Waals surface area contributed by atoms with Gasteiger partial charge in [0, 0.05) is 19.1 Å². The van der Waals surface area contributed by atoms with E-state index in [1.165, 1.54) is 0 Å². The van der Waals surface area contributed by atoms with Crippen LogP contribution in [0.2, 0.25) is 0 Å². The Kier molecular flexibility index (Phi) is 2.51. The van der Waals surface area contributed by atoms with Crippen LogP contribution in [0.5, 0.6) is 11.5 Å². The van der Waals surface area contributed by atoms with E-state index in [-0.39, 0.29) is 17.1 Å². The Bertz CT molecular complexity index is 634. The van der Waals surface area contributed by atoms with Crippen molar-refractivity contribution >= 4 is 5.78 Å². The second-order valence-corrected chi connectivity index (χ2v) is 6.44. The van der Waals surface area contributed by atoms with Crippen LogP contribution in [0.15, 0.2) is 12.1 Å². The highest BCUT2D eigenvalue weighted by molar-refractivity contribution is 5.90. The molecule has 2 aliphatic carbocycles. The summed E-state index contributed by atoms with van der Waals surface area (Å²) in [4.78, 5) is 12.4. The summed E-state index contributed by atoms with van der Waals surface area (Å²) in [6.07, 6.45) is 3.45. The van der Waals surface area contributed by atoms with Crippen LogP contribution in [0, 0.1) is 0 Å². The van der Waals surface area contributed by atoms with Gasteiger partial charge in [0.25, 0.3) is 0 Å². The molecule has 1 spiro atoms. The number of aryl methyl sites for hydroxylation is 1. The first-order valence-corrected chi connectivity index (χ1v) is 7.69. The van der Waals surface area contributed by atoms with E-state index in [1.807, 2.05) is 6.07 Å². The molecule has 2 fully saturated rings. The van der Waals surface area contributed by atoms with Gasteiger partial charge in [-0.25, -0.2) is 0 Å². The molecule has 0 bridgehead atoms. The number of phenolic OH excluding ortho intramolecular Hbond substituents is 1. The lowest BCUT2D eigenvalue weighted by Gasteiger charge is -2.60. The van der Waals surface area contributed by atoms with Crippen molar-refractivity contribution in [3.8, 4) is 11.5 Å². The zero-order chi connectivity index (χ0) is 14.8. The summed E-state index contributed by atoms with van der Waals surface area (Å²) in [6, 6.07) is 3.62. The van der Waals surface area contributed by atoms with Gasteiger partial charge in [-0.15, -0.1) is 0 Å². The average Bonchev–Trinajstić information content (AvgIpc) is 2.86. The minimum Gasteiger partial charge on any atom is -0.504 e. The SMILES string of the molecule is CCc1ccc(O)c2c1[C@]13CCC1(OC)CCC(=O)[C@@H]3O2. The number of rotatable bonds is 2. The van der Waals surface area contributed by atoms with Gasteiger partial charge in [0.1, 0.15) is 0 Å². The maximum absolute atomic E-state index is 12.4. The molecule has 21 heavy (non-hydrogen) atoms. The summed E-state index contributed by atoms with van der Waals surface area (Å²) in [5.74, 6) is 0.784. The molecule has 0 amide bonds. The largest absolute Gasteiger partial charge is 0.504 e. The molecule has 4 nitrogen and oxygen atoms in total. The van der Waals surface area contributed by atoms with Crippen LogP contribution in [0.3, 0.4) is 0 Å². The standard InChI is InChI=1S/C17H20O4/c1-3-10-4-5-11(18)14-13(10)17-9-8-16(17,20-2)7-6-12(19)15(17)21-14/h4-5,15,18H,3,6-9H2,1-2H3/t15-,16?,17-/m0/s1. The molecule has 112 valence electrons. The van der Waals surface area contributed by atoms with Gasteiger partial charge in [-0.3, -0.25) is 4.79 Å². The first-order chi connectivity index (χ1) is 10.1. The molecule has 1 aliphatic heterocycles. The topological polar surface area (TPSA) is 55.8 Å². The number of hydrogen-bond donors (Lipinski definition) is 1. The van der Waals surface area contributed by atoms with Gasteiger partial charge in [0.2, 0.25) is 0 Å². The quantitative estimate of drug-likeness (QED) is 0.908. The van der Waals surface area contributed by atoms with E-state index in [0.29, 0.717) is 12.2 Å². The predicted octanol–water partition coefficient (Wildman–Crippen LogP) is 2.50. The van der Waals surface area contributed by atoms with Crippen molar-refractivity contribution in [1.29, 1.82) is 0 Å². The molecule has 1 unspecified atom stereocenters. The highest BCUT2D eigenvalue weighted by Gasteiger charge is 2.72. The first kappa shape index (κ1) is 13.1. The van der Waals surface area contributed by atoms with Crippen LogP contribution in [-0.4, -0.2) is 29.7 Å². The van der Waals surface area contributed by atoms with Crippen molar-refractivity contribution in [2.24, 2.45) is 0 Å². The fourth-order valence-corrected chi connectivity index (χ4v) is 4.79. The molecule has 1 aromatic rings. The number of fused-ring (bicyclic) bond motifs is 1. The molecule has 3 aliphatic rings. The van der Waals surface area contributed by atoms with Crippen LogP contribution in [0.25, 0.3) is 0 Å². The third-order valence-corrected chi connectivity index (χ3v) is 5.93. The minimum atomic E-state index is -0.492. The molecular weight excluding hydrogens is 268 g/mol. The Balaban J connectivity index is 2.00. The van der Waals surface area contributed by atoms with Gasteiger partial charge >= 0.3 is 0 Å². The van der Waals surface area contributed by atoms with Gasteiger partial charge in [0.15, 0.2) is 23.4 Å². The van der Waals surface area contributed by atoms with E-state index in [9.17, 15) is 9.90 Å². The lowest BCUT2D eigenvalue weighted by atomic mass is 9.46. The number of methoxy groups -OCH3 is 1. The molecule has 1 aromatic carbocycles. The molecule has 3 atom stereocenters. The Morgan fingerprint density at radius 1 is 1.38 bits per heavy atom. The number of phenols is 1. The number of carbonyl (C=O) groups is 1. The van der Waals surface area contributed by atoms with Gasteiger partial charge < -0.3 is 14.6 Å². The molecular formula is C17H20O4. The number of ether oxygens (including phenoxy) is 2. The normalized spacial score (nSPS) is 36.3. The van der Waals surface area contributed by atoms with E-state index in [2.05, 4.69) is 6.92 Å². The molecule has 1 N–H and O–H groups in total. The van der Waals surface area contributed by atoms with Crippen molar-refractivity contribution in [3.63, 3.8) is 0 Å². The van der Waals surface area contributed by atoms with E-state index in [4.69, 9.17) is 9.47 Å². The number of aromatic hydroxyl groups is 1. The number of hydrogen-bond acceptors (Lipinski definition) is 4. The van der Waals surface area contributed by atoms with Crippen molar-refractivity contribution in [1.82, 2.24) is 0 Å². The maximum Gasteiger partial charge on any atom is 0.174 e. The Hall–Kier alpha value is -1.55. The monoisotopic (exact) mass is 288 g/mol. The lowest BCUT2D eigenvalue weighted by molar-refractivity contribution is -0.193. The van der Waals surface area contributed by atoms with E-state index >= 15 is 0 Å². The fourth-order valence-electron chi connectivity index (χ4n) is 4.79. The highest BCUT2D eigenvalue weighted by Crippen LogP contribution is 2.67. The number of ketones is 1. The summed E-state index contributed by atoms with van der Waals surface area (Å²) in [5, 5.41) is 10.2. The van der Waals surface area contributed by atoms with Crippen LogP contribution in [-0.2, 0) is 21.4 Å². The lowest BCUT2D eigenvalue weighted by Crippen LogP contribution is -2.70. The van der Waals surface area contributed by atoms with Gasteiger partial charge in [-0.2, -0.15) is 0 Å². The Morgan fingerprint density at radius 3 is 2.81 bits per heavy atom. The summed E-state index contributed by atoms with van der Waals surface area (Å²) in [5.41, 5.74) is 1.47. The molecule has 1 heterocycles. The molecule has 2 saturated carbocycles. The molecule has 4 rings (SSSR count). The Labute approximate surface area is 124 Å². The summed E-state index contributed by atoms with van der Waals surface area (Å²) < 4.78 is 11.9. The van der Waals surface area contributed by atoms with Crippen molar-refractivity contribution in [2.45, 2.75) is 56.1 Å². The van der Waals surface area contributed by atoms with Gasteiger partial charge in [-0.1, -0.05) is 13.0 Å². The van der Waals surface area contributed by atoms with E-state index in [1.54, 1.807) is 13.2 Å². The zero-order valence-corrected chi connectivity index (χ0v) is 12.4. The van der Waals surface area contributed by atoms with Crippen LogP contribution >= 0.6 is 0 Å². The zero-order valence-electron chi connectivity index (χ0n) is 12.4. The van der Waals surface area contributed by atoms with Crippen molar-refractivity contribution < 1.29 is 19.4 Å². The minimum absolute atomic E-state index is 0.135. The second-order valence-electron chi connectivity index (χ2n) is 6.44. The van der Waals surface area contributed by atoms with Crippen molar-refractivity contribution in [3.05, 3.63) is 23.3 Å². The fraction of sp³-hybridized carbons (Fsp3) is 0.588. The van der Waals surface area contributed by atoms with Gasteiger partial charge in [-0.05, 0) is 37.3 Å². The van der Waals surface area contributed by atoms with E-state index in [0.717, 1.165) is 36.8 Å². The van der Waals surface area contributed by atoms with Crippen LogP contribution in [0.4, 0.5) is 0 Å². The predicted molar refractivity (Wildman–Crippen MR) is 76.8 cm³/mol. The Morgan fingerprint density at radius 2 is 2.19 bits per heavy atom. The third-order valence-electron chi connectivity index (χ3n) is 5.93.